The van der Waals surface area contributed by atoms with Crippen molar-refractivity contribution in [3.05, 3.63) is 0 Å². The minimum Gasteiger partial charge on any atom is -0.414 e. The van der Waals surface area contributed by atoms with Gasteiger partial charge < -0.3 is 9.53 Å². The summed E-state index contributed by atoms with van der Waals surface area (Å²) in [5.74, 6) is 1.66. The lowest BCUT2D eigenvalue weighted by Crippen LogP contribution is -2.45. The molecule has 0 aromatic heterocycles. The first-order valence-electron chi connectivity index (χ1n) is 10.9. The molecule has 0 spiro atoms. The first-order valence-corrected chi connectivity index (χ1v) is 13.8. The molecule has 0 heterocycles. The van der Waals surface area contributed by atoms with Crippen LogP contribution in [0.2, 0.25) is 18.1 Å². The Labute approximate surface area is 165 Å². The van der Waals surface area contributed by atoms with Crippen LogP contribution in [0.15, 0.2) is 0 Å². The zero-order valence-corrected chi connectivity index (χ0v) is 20.7. The molecule has 0 saturated heterocycles. The van der Waals surface area contributed by atoms with E-state index in [4.69, 9.17) is 4.43 Å². The van der Waals surface area contributed by atoms with Gasteiger partial charge in [0.05, 0.1) is 0 Å². The van der Waals surface area contributed by atoms with Crippen molar-refractivity contribution in [2.45, 2.75) is 112 Å². The molecule has 2 nitrogen and oxygen atoms in total. The minimum absolute atomic E-state index is 0.203. The Bertz CT molecular complexity index is 450. The maximum atomic E-state index is 9.79. The van der Waals surface area contributed by atoms with Crippen LogP contribution in [0.4, 0.5) is 0 Å². The van der Waals surface area contributed by atoms with E-state index in [9.17, 15) is 5.11 Å². The summed E-state index contributed by atoms with van der Waals surface area (Å²) in [6.07, 6.45) is 5.14. The summed E-state index contributed by atoms with van der Waals surface area (Å²) in [5.41, 5.74) is 0.508. The summed E-state index contributed by atoms with van der Waals surface area (Å²) in [7, 11) is -1.73. The SMILES string of the molecule is CC(C)[C@@H](CC[C@H](C)[C@@]1(C)CC[C@@H](CO)C1(C)C)O[Si](C)(C)C(C)(C)C. The third-order valence-corrected chi connectivity index (χ3v) is 13.2. The lowest BCUT2D eigenvalue weighted by atomic mass is 9.59. The summed E-state index contributed by atoms with van der Waals surface area (Å²) in [6.45, 7) is 26.3. The maximum Gasteiger partial charge on any atom is 0.192 e. The van der Waals surface area contributed by atoms with Crippen LogP contribution in [0.3, 0.4) is 0 Å². The minimum atomic E-state index is -1.73. The van der Waals surface area contributed by atoms with Gasteiger partial charge in [0.25, 0.3) is 0 Å². The molecule has 1 rings (SSSR count). The molecule has 0 aromatic carbocycles. The van der Waals surface area contributed by atoms with E-state index in [0.29, 0.717) is 35.9 Å². The lowest BCUT2D eigenvalue weighted by Gasteiger charge is -2.47. The molecular weight excluding hydrogens is 336 g/mol. The van der Waals surface area contributed by atoms with Crippen molar-refractivity contribution in [3.63, 3.8) is 0 Å². The van der Waals surface area contributed by atoms with Gasteiger partial charge in [0.2, 0.25) is 0 Å². The van der Waals surface area contributed by atoms with E-state index >= 15 is 0 Å². The van der Waals surface area contributed by atoms with Crippen molar-refractivity contribution in [2.24, 2.45) is 28.6 Å². The molecule has 1 aliphatic rings. The van der Waals surface area contributed by atoms with E-state index in [2.05, 4.69) is 75.4 Å². The third kappa shape index (κ3) is 4.75. The van der Waals surface area contributed by atoms with Crippen LogP contribution in [-0.4, -0.2) is 26.1 Å². The molecule has 1 fully saturated rings. The highest BCUT2D eigenvalue weighted by Crippen LogP contribution is 2.60. The Morgan fingerprint density at radius 3 is 2.00 bits per heavy atom. The Morgan fingerprint density at radius 1 is 1.08 bits per heavy atom. The molecule has 26 heavy (non-hydrogen) atoms. The molecule has 0 bridgehead atoms. The lowest BCUT2D eigenvalue weighted by molar-refractivity contribution is 0.00489. The second kappa shape index (κ2) is 8.25. The van der Waals surface area contributed by atoms with Crippen LogP contribution in [-0.2, 0) is 4.43 Å². The van der Waals surface area contributed by atoms with Crippen LogP contribution < -0.4 is 0 Å². The first-order chi connectivity index (χ1) is 11.6. The van der Waals surface area contributed by atoms with Crippen molar-refractivity contribution in [1.29, 1.82) is 0 Å². The van der Waals surface area contributed by atoms with Gasteiger partial charge in [-0.05, 0) is 72.4 Å². The summed E-state index contributed by atoms with van der Waals surface area (Å²) >= 11 is 0. The van der Waals surface area contributed by atoms with Gasteiger partial charge in [-0.2, -0.15) is 0 Å². The number of aliphatic hydroxyl groups excluding tert-OH is 1. The maximum absolute atomic E-state index is 9.79. The van der Waals surface area contributed by atoms with E-state index < -0.39 is 8.32 Å². The van der Waals surface area contributed by atoms with Crippen LogP contribution >= 0.6 is 0 Å². The molecule has 0 unspecified atom stereocenters. The van der Waals surface area contributed by atoms with Gasteiger partial charge in [-0.25, -0.2) is 0 Å². The summed E-state index contributed by atoms with van der Waals surface area (Å²) in [6, 6.07) is 0. The summed E-state index contributed by atoms with van der Waals surface area (Å²) in [4.78, 5) is 0. The van der Waals surface area contributed by atoms with Crippen molar-refractivity contribution in [3.8, 4) is 0 Å². The molecule has 0 amide bonds. The Morgan fingerprint density at radius 2 is 1.62 bits per heavy atom. The van der Waals surface area contributed by atoms with Crippen LogP contribution in [0, 0.1) is 28.6 Å². The molecule has 0 aliphatic heterocycles. The third-order valence-electron chi connectivity index (χ3n) is 8.69. The number of rotatable bonds is 8. The zero-order chi connectivity index (χ0) is 20.6. The van der Waals surface area contributed by atoms with Crippen molar-refractivity contribution in [2.75, 3.05) is 6.61 Å². The normalized spacial score (nSPS) is 29.2. The highest BCUT2D eigenvalue weighted by Gasteiger charge is 2.53. The number of hydrogen-bond donors (Lipinski definition) is 1. The number of aliphatic hydroxyl groups is 1. The Balaban J connectivity index is 2.81. The van der Waals surface area contributed by atoms with Crippen LogP contribution in [0.1, 0.15) is 88.0 Å². The van der Waals surface area contributed by atoms with E-state index in [-0.39, 0.29) is 10.5 Å². The van der Waals surface area contributed by atoms with Gasteiger partial charge in [0.15, 0.2) is 8.32 Å². The van der Waals surface area contributed by atoms with Crippen molar-refractivity contribution < 1.29 is 9.53 Å². The van der Waals surface area contributed by atoms with Gasteiger partial charge in [0.1, 0.15) is 0 Å². The van der Waals surface area contributed by atoms with Gasteiger partial charge in [0, 0.05) is 12.7 Å². The second-order valence-electron chi connectivity index (χ2n) is 11.7. The van der Waals surface area contributed by atoms with Crippen LogP contribution in [0.25, 0.3) is 0 Å². The summed E-state index contributed by atoms with van der Waals surface area (Å²) < 4.78 is 6.80. The first kappa shape index (κ1) is 24.2. The largest absolute Gasteiger partial charge is 0.414 e. The van der Waals surface area contributed by atoms with Gasteiger partial charge >= 0.3 is 0 Å². The molecule has 1 aliphatic carbocycles. The van der Waals surface area contributed by atoms with Gasteiger partial charge in [-0.3, -0.25) is 0 Å². The van der Waals surface area contributed by atoms with Crippen molar-refractivity contribution >= 4 is 8.32 Å². The quantitative estimate of drug-likeness (QED) is 0.462. The molecule has 0 aromatic rings. The topological polar surface area (TPSA) is 29.5 Å². The molecule has 1 saturated carbocycles. The summed E-state index contributed by atoms with van der Waals surface area (Å²) in [5, 5.41) is 10.1. The van der Waals surface area contributed by atoms with Crippen LogP contribution in [0.5, 0.6) is 0 Å². The van der Waals surface area contributed by atoms with Gasteiger partial charge in [-0.1, -0.05) is 62.3 Å². The fourth-order valence-corrected chi connectivity index (χ4v) is 6.14. The monoisotopic (exact) mass is 384 g/mol. The Hall–Kier alpha value is 0.137. The fourth-order valence-electron chi connectivity index (χ4n) is 4.64. The smallest absolute Gasteiger partial charge is 0.192 e. The standard InChI is InChI=1S/C23H48O2Si/c1-17(2)20(25-26(10,11)21(4,5)6)13-12-18(3)23(9)15-14-19(16-24)22(23,7)8/h17-20,24H,12-16H2,1-11H3/t18-,19-,20+,23+/m0/s1. The molecule has 0 radical (unpaired) electrons. The highest BCUT2D eigenvalue weighted by atomic mass is 28.4. The number of hydrogen-bond acceptors (Lipinski definition) is 2. The Kier molecular flexibility index (Phi) is 7.67. The predicted octanol–water partition coefficient (Wildman–Crippen LogP) is 6.88. The van der Waals surface area contributed by atoms with E-state index in [1.807, 2.05) is 0 Å². The van der Waals surface area contributed by atoms with E-state index in [1.54, 1.807) is 0 Å². The predicted molar refractivity (Wildman–Crippen MR) is 117 cm³/mol. The van der Waals surface area contributed by atoms with Gasteiger partial charge in [-0.15, -0.1) is 0 Å². The molecule has 156 valence electrons. The fraction of sp³-hybridized carbons (Fsp3) is 1.00. The molecule has 1 N–H and O–H groups in total. The van der Waals surface area contributed by atoms with E-state index in [1.165, 1.54) is 19.3 Å². The van der Waals surface area contributed by atoms with E-state index in [0.717, 1.165) is 6.42 Å². The average molecular weight is 385 g/mol. The average Bonchev–Trinajstić information content (AvgIpc) is 2.72. The second-order valence-corrected chi connectivity index (χ2v) is 16.5. The molecular formula is C23H48O2Si. The zero-order valence-electron chi connectivity index (χ0n) is 19.7. The molecule has 3 heteroatoms. The highest BCUT2D eigenvalue weighted by molar-refractivity contribution is 6.74. The molecule has 4 atom stereocenters. The van der Waals surface area contributed by atoms with Crippen molar-refractivity contribution in [1.82, 2.24) is 0 Å².